The highest BCUT2D eigenvalue weighted by Gasteiger charge is 2.23. The molecule has 146 valence electrons. The van der Waals surface area contributed by atoms with Crippen molar-refractivity contribution in [3.05, 3.63) is 35.9 Å². The summed E-state index contributed by atoms with van der Waals surface area (Å²) in [4.78, 5) is 16.7. The van der Waals surface area contributed by atoms with Crippen LogP contribution in [0.4, 0.5) is 0 Å². The standard InChI is InChI=1S/C20H32N2O3S/c1-17(2)26(24,25)15-7-10-21-11-13-22(14-12-21)20(23)16-18(3)19-8-5-4-6-9-19/h4-6,8-9,17-18H,7,10-16H2,1-3H3/t18-/m0/s1. The van der Waals surface area contributed by atoms with Crippen molar-refractivity contribution < 1.29 is 13.2 Å². The fourth-order valence-corrected chi connectivity index (χ4v) is 4.24. The number of carbonyl (C=O) groups is 1. The first-order chi connectivity index (χ1) is 12.3. The van der Waals surface area contributed by atoms with Crippen molar-refractivity contribution in [2.45, 2.75) is 44.8 Å². The highest BCUT2D eigenvalue weighted by atomic mass is 32.2. The van der Waals surface area contributed by atoms with Gasteiger partial charge in [-0.3, -0.25) is 9.69 Å². The summed E-state index contributed by atoms with van der Waals surface area (Å²) in [5.41, 5.74) is 1.20. The van der Waals surface area contributed by atoms with Gasteiger partial charge < -0.3 is 4.90 Å². The number of hydrogen-bond donors (Lipinski definition) is 0. The van der Waals surface area contributed by atoms with Gasteiger partial charge in [-0.2, -0.15) is 0 Å². The van der Waals surface area contributed by atoms with Crippen LogP contribution in [0, 0.1) is 0 Å². The maximum absolute atomic E-state index is 12.5. The van der Waals surface area contributed by atoms with Crippen LogP contribution in [0.5, 0.6) is 0 Å². The van der Waals surface area contributed by atoms with Gasteiger partial charge >= 0.3 is 0 Å². The van der Waals surface area contributed by atoms with E-state index in [0.29, 0.717) is 12.8 Å². The summed E-state index contributed by atoms with van der Waals surface area (Å²) in [6.07, 6.45) is 1.20. The molecule has 0 radical (unpaired) electrons. The average Bonchev–Trinajstić information content (AvgIpc) is 2.62. The van der Waals surface area contributed by atoms with E-state index < -0.39 is 9.84 Å². The molecule has 0 spiro atoms. The van der Waals surface area contributed by atoms with Crippen molar-refractivity contribution in [3.63, 3.8) is 0 Å². The average molecular weight is 381 g/mol. The summed E-state index contributed by atoms with van der Waals surface area (Å²) in [6, 6.07) is 10.1. The SMILES string of the molecule is CC(C)S(=O)(=O)CCCN1CCN(C(=O)C[C@H](C)c2ccccc2)CC1. The Hall–Kier alpha value is -1.40. The normalized spacial score (nSPS) is 17.5. The Morgan fingerprint density at radius 1 is 1.04 bits per heavy atom. The molecule has 1 aromatic carbocycles. The molecule has 0 bridgehead atoms. The van der Waals surface area contributed by atoms with E-state index >= 15 is 0 Å². The minimum Gasteiger partial charge on any atom is -0.340 e. The van der Waals surface area contributed by atoms with E-state index in [9.17, 15) is 13.2 Å². The first-order valence-corrected chi connectivity index (χ1v) is 11.3. The Morgan fingerprint density at radius 3 is 2.23 bits per heavy atom. The van der Waals surface area contributed by atoms with Crippen LogP contribution in [-0.2, 0) is 14.6 Å². The van der Waals surface area contributed by atoms with Crippen LogP contribution in [0.1, 0.15) is 45.1 Å². The molecule has 0 saturated carbocycles. The predicted molar refractivity (Wildman–Crippen MR) is 106 cm³/mol. The summed E-state index contributed by atoms with van der Waals surface area (Å²) >= 11 is 0. The highest BCUT2D eigenvalue weighted by Crippen LogP contribution is 2.20. The van der Waals surface area contributed by atoms with E-state index in [0.717, 1.165) is 32.7 Å². The molecule has 5 nitrogen and oxygen atoms in total. The molecule has 0 aliphatic carbocycles. The number of carbonyl (C=O) groups excluding carboxylic acids is 1. The van der Waals surface area contributed by atoms with Gasteiger partial charge in [0, 0.05) is 32.6 Å². The number of rotatable bonds is 8. The van der Waals surface area contributed by atoms with Gasteiger partial charge in [0.15, 0.2) is 9.84 Å². The molecule has 6 heteroatoms. The van der Waals surface area contributed by atoms with Crippen molar-refractivity contribution >= 4 is 15.7 Å². The maximum atomic E-state index is 12.5. The van der Waals surface area contributed by atoms with Gasteiger partial charge in [0.05, 0.1) is 11.0 Å². The van der Waals surface area contributed by atoms with Crippen molar-refractivity contribution in [3.8, 4) is 0 Å². The van der Waals surface area contributed by atoms with E-state index in [1.54, 1.807) is 13.8 Å². The lowest BCUT2D eigenvalue weighted by molar-refractivity contribution is -0.133. The minimum absolute atomic E-state index is 0.211. The molecule has 0 aromatic heterocycles. The molecule has 2 rings (SSSR count). The minimum atomic E-state index is -2.95. The first kappa shape index (κ1) is 20.9. The van der Waals surface area contributed by atoms with Crippen molar-refractivity contribution in [2.75, 3.05) is 38.5 Å². The number of nitrogens with zero attached hydrogens (tertiary/aromatic N) is 2. The molecule has 1 saturated heterocycles. The Balaban J connectivity index is 1.71. The van der Waals surface area contributed by atoms with Gasteiger partial charge in [0.1, 0.15) is 0 Å². The quantitative estimate of drug-likeness (QED) is 0.695. The molecular weight excluding hydrogens is 348 g/mol. The van der Waals surface area contributed by atoms with Crippen molar-refractivity contribution in [1.82, 2.24) is 9.80 Å². The van der Waals surface area contributed by atoms with E-state index in [2.05, 4.69) is 24.0 Å². The predicted octanol–water partition coefficient (Wildman–Crippen LogP) is 2.54. The monoisotopic (exact) mass is 380 g/mol. The van der Waals surface area contributed by atoms with Gasteiger partial charge in [0.2, 0.25) is 5.91 Å². The molecule has 1 fully saturated rings. The first-order valence-electron chi connectivity index (χ1n) is 9.56. The fourth-order valence-electron chi connectivity index (χ4n) is 3.24. The zero-order valence-corrected chi connectivity index (χ0v) is 17.0. The number of piperazine rings is 1. The lowest BCUT2D eigenvalue weighted by Gasteiger charge is -2.35. The van der Waals surface area contributed by atoms with Gasteiger partial charge in [0.25, 0.3) is 0 Å². The summed E-state index contributed by atoms with van der Waals surface area (Å²) in [6.45, 7) is 9.47. The second-order valence-corrected chi connectivity index (χ2v) is 10.2. The van der Waals surface area contributed by atoms with Crippen LogP contribution >= 0.6 is 0 Å². The number of sulfone groups is 1. The third-order valence-corrected chi connectivity index (χ3v) is 7.49. The number of benzene rings is 1. The van der Waals surface area contributed by atoms with Gasteiger partial charge in [-0.25, -0.2) is 8.42 Å². The van der Waals surface area contributed by atoms with Crippen LogP contribution in [0.25, 0.3) is 0 Å². The summed E-state index contributed by atoms with van der Waals surface area (Å²) in [5.74, 6) is 0.685. The van der Waals surface area contributed by atoms with Crippen LogP contribution in [0.15, 0.2) is 30.3 Å². The Bertz CT molecular complexity index is 666. The summed E-state index contributed by atoms with van der Waals surface area (Å²) in [7, 11) is -2.95. The molecule has 1 atom stereocenters. The van der Waals surface area contributed by atoms with Crippen LogP contribution < -0.4 is 0 Å². The Labute approximate surface area is 158 Å². The number of hydrogen-bond acceptors (Lipinski definition) is 4. The highest BCUT2D eigenvalue weighted by molar-refractivity contribution is 7.91. The van der Waals surface area contributed by atoms with Crippen LogP contribution in [0.3, 0.4) is 0 Å². The van der Waals surface area contributed by atoms with Gasteiger partial charge in [-0.05, 0) is 38.3 Å². The zero-order valence-electron chi connectivity index (χ0n) is 16.2. The second-order valence-electron chi connectivity index (χ2n) is 7.51. The van der Waals surface area contributed by atoms with E-state index in [1.165, 1.54) is 5.56 Å². The zero-order chi connectivity index (χ0) is 19.2. The van der Waals surface area contributed by atoms with Gasteiger partial charge in [-0.15, -0.1) is 0 Å². The molecule has 0 unspecified atom stereocenters. The maximum Gasteiger partial charge on any atom is 0.223 e. The molecule has 1 aliphatic rings. The second kappa shape index (κ2) is 9.51. The van der Waals surface area contributed by atoms with Crippen molar-refractivity contribution in [2.24, 2.45) is 0 Å². The van der Waals surface area contributed by atoms with Crippen molar-refractivity contribution in [1.29, 1.82) is 0 Å². The molecule has 1 heterocycles. The molecule has 1 aliphatic heterocycles. The molecule has 1 amide bonds. The molecule has 26 heavy (non-hydrogen) atoms. The van der Waals surface area contributed by atoms with Crippen LogP contribution in [0.2, 0.25) is 0 Å². The third kappa shape index (κ3) is 6.09. The fraction of sp³-hybridized carbons (Fsp3) is 0.650. The van der Waals surface area contributed by atoms with E-state index in [-0.39, 0.29) is 22.8 Å². The summed E-state index contributed by atoms with van der Waals surface area (Å²) in [5, 5.41) is -0.302. The smallest absolute Gasteiger partial charge is 0.223 e. The lowest BCUT2D eigenvalue weighted by atomic mass is 9.97. The van der Waals surface area contributed by atoms with Gasteiger partial charge in [-0.1, -0.05) is 37.3 Å². The largest absolute Gasteiger partial charge is 0.340 e. The Kier molecular flexibility index (Phi) is 7.65. The molecule has 1 aromatic rings. The summed E-state index contributed by atoms with van der Waals surface area (Å²) < 4.78 is 23.7. The van der Waals surface area contributed by atoms with Crippen LogP contribution in [-0.4, -0.2) is 67.9 Å². The molecule has 0 N–H and O–H groups in total. The number of amides is 1. The van der Waals surface area contributed by atoms with E-state index in [4.69, 9.17) is 0 Å². The molecular formula is C20H32N2O3S. The third-order valence-electron chi connectivity index (χ3n) is 5.20. The lowest BCUT2D eigenvalue weighted by Crippen LogP contribution is -2.49. The Morgan fingerprint density at radius 2 is 1.65 bits per heavy atom. The topological polar surface area (TPSA) is 57.7 Å². The van der Waals surface area contributed by atoms with E-state index in [1.807, 2.05) is 23.1 Å².